The van der Waals surface area contributed by atoms with Crippen molar-refractivity contribution >= 4 is 29.2 Å². The van der Waals surface area contributed by atoms with Crippen LogP contribution in [0, 0.1) is 0 Å². The highest BCUT2D eigenvalue weighted by molar-refractivity contribution is 6.33. The molecule has 29 heavy (non-hydrogen) atoms. The molecular formula is C21H25ClN4O3. The van der Waals surface area contributed by atoms with E-state index in [9.17, 15) is 14.7 Å². The molecule has 1 aliphatic rings. The number of halogens is 1. The smallest absolute Gasteiger partial charge is 0.255 e. The highest BCUT2D eigenvalue weighted by Gasteiger charge is 2.19. The van der Waals surface area contributed by atoms with E-state index in [1.165, 1.54) is 18.6 Å². The normalized spacial score (nSPS) is 13.8. The number of hydrogen-bond acceptors (Lipinski definition) is 5. The molecule has 3 N–H and O–H groups in total. The minimum Gasteiger partial charge on any atom is -0.508 e. The number of aromatic hydroxyl groups is 1. The van der Waals surface area contributed by atoms with Gasteiger partial charge in [0, 0.05) is 37.9 Å². The minimum atomic E-state index is -0.238. The largest absolute Gasteiger partial charge is 0.508 e. The molecule has 0 saturated carbocycles. The van der Waals surface area contributed by atoms with Crippen LogP contribution in [-0.4, -0.2) is 53.0 Å². The van der Waals surface area contributed by atoms with E-state index in [1.54, 1.807) is 24.4 Å². The number of nitrogens with zero attached hydrogens (tertiary/aromatic N) is 2. The lowest BCUT2D eigenvalue weighted by atomic mass is 10.1. The molecule has 1 aromatic heterocycles. The van der Waals surface area contributed by atoms with Crippen LogP contribution in [0.25, 0.3) is 0 Å². The van der Waals surface area contributed by atoms with Crippen LogP contribution >= 0.6 is 11.6 Å². The summed E-state index contributed by atoms with van der Waals surface area (Å²) in [6, 6.07) is 7.85. The molecule has 1 fully saturated rings. The molecule has 0 unspecified atom stereocenters. The van der Waals surface area contributed by atoms with Gasteiger partial charge in [-0.2, -0.15) is 0 Å². The number of nitrogens with one attached hydrogen (secondary N) is 2. The third-order valence-corrected chi connectivity index (χ3v) is 5.06. The predicted octanol–water partition coefficient (Wildman–Crippen LogP) is 3.30. The number of carbonyl (C=O) groups is 2. The van der Waals surface area contributed by atoms with Crippen molar-refractivity contribution in [2.45, 2.75) is 25.7 Å². The Morgan fingerprint density at radius 1 is 1.10 bits per heavy atom. The maximum Gasteiger partial charge on any atom is 0.255 e. The molecule has 2 aromatic rings. The molecule has 1 aromatic carbocycles. The maximum absolute atomic E-state index is 12.5. The molecule has 0 radical (unpaired) electrons. The van der Waals surface area contributed by atoms with Gasteiger partial charge in [0.15, 0.2) is 0 Å². The number of anilines is 1. The molecule has 1 saturated heterocycles. The summed E-state index contributed by atoms with van der Waals surface area (Å²) in [5.74, 6) is 0.307. The van der Waals surface area contributed by atoms with Gasteiger partial charge in [-0.15, -0.1) is 0 Å². The van der Waals surface area contributed by atoms with Crippen LogP contribution in [0.3, 0.4) is 0 Å². The van der Waals surface area contributed by atoms with E-state index in [1.807, 2.05) is 4.90 Å². The van der Waals surface area contributed by atoms with Gasteiger partial charge in [-0.05, 0) is 49.9 Å². The number of amides is 2. The predicted molar refractivity (Wildman–Crippen MR) is 113 cm³/mol. The van der Waals surface area contributed by atoms with Gasteiger partial charge in [0.2, 0.25) is 0 Å². The Morgan fingerprint density at radius 2 is 1.90 bits per heavy atom. The first-order valence-electron chi connectivity index (χ1n) is 9.80. The number of phenolic OH excluding ortho intramolecular Hbond substituents is 1. The Bertz CT molecular complexity index is 869. The van der Waals surface area contributed by atoms with Gasteiger partial charge in [-0.1, -0.05) is 17.7 Å². The van der Waals surface area contributed by atoms with Crippen LogP contribution in [0.5, 0.6) is 5.75 Å². The summed E-state index contributed by atoms with van der Waals surface area (Å²) in [5.41, 5.74) is 0.914. The van der Waals surface area contributed by atoms with Crippen molar-refractivity contribution in [1.29, 1.82) is 0 Å². The fourth-order valence-electron chi connectivity index (χ4n) is 3.21. The number of likely N-dealkylation sites (tertiary alicyclic amines) is 1. The summed E-state index contributed by atoms with van der Waals surface area (Å²) in [6.45, 7) is 2.59. The van der Waals surface area contributed by atoms with Gasteiger partial charge in [0.1, 0.15) is 11.6 Å². The molecule has 2 heterocycles. The standard InChI is InChI=1S/C21H25ClN4O3/c22-18-13-16(21(29)26-10-2-1-3-11-26)14-25-19(18)23-8-5-9-24-20(28)15-6-4-7-17(27)12-15/h4,6-7,12-14,27H,1-3,5,8-11H2,(H,23,25)(H,24,28). The van der Waals surface area contributed by atoms with Crippen LogP contribution < -0.4 is 10.6 Å². The Labute approximate surface area is 175 Å². The highest BCUT2D eigenvalue weighted by Crippen LogP contribution is 2.22. The number of piperidine rings is 1. The summed E-state index contributed by atoms with van der Waals surface area (Å²) in [7, 11) is 0. The third-order valence-electron chi connectivity index (χ3n) is 4.77. The van der Waals surface area contributed by atoms with Crippen molar-refractivity contribution in [1.82, 2.24) is 15.2 Å². The molecule has 1 aliphatic heterocycles. The van der Waals surface area contributed by atoms with Crippen molar-refractivity contribution in [3.8, 4) is 5.75 Å². The van der Waals surface area contributed by atoms with Crippen LogP contribution in [0.1, 0.15) is 46.4 Å². The van der Waals surface area contributed by atoms with Gasteiger partial charge in [0.05, 0.1) is 10.6 Å². The summed E-state index contributed by atoms with van der Waals surface area (Å²) in [6.07, 6.45) is 5.45. The van der Waals surface area contributed by atoms with Gasteiger partial charge in [-0.3, -0.25) is 9.59 Å². The number of rotatable bonds is 7. The van der Waals surface area contributed by atoms with Crippen molar-refractivity contribution in [3.63, 3.8) is 0 Å². The van der Waals surface area contributed by atoms with Crippen molar-refractivity contribution < 1.29 is 14.7 Å². The van der Waals surface area contributed by atoms with E-state index in [2.05, 4.69) is 15.6 Å². The SMILES string of the molecule is O=C(NCCCNc1ncc(C(=O)N2CCCCC2)cc1Cl)c1cccc(O)c1. The number of phenols is 1. The summed E-state index contributed by atoms with van der Waals surface area (Å²) < 4.78 is 0. The van der Waals surface area contributed by atoms with Crippen LogP contribution in [0.4, 0.5) is 5.82 Å². The zero-order valence-electron chi connectivity index (χ0n) is 16.2. The average Bonchev–Trinajstić information content (AvgIpc) is 2.74. The van der Waals surface area contributed by atoms with Gasteiger partial charge >= 0.3 is 0 Å². The lowest BCUT2D eigenvalue weighted by Gasteiger charge is -2.26. The number of hydrogen-bond donors (Lipinski definition) is 3. The highest BCUT2D eigenvalue weighted by atomic mass is 35.5. The second kappa shape index (κ2) is 10.1. The fraction of sp³-hybridized carbons (Fsp3) is 0.381. The van der Waals surface area contributed by atoms with E-state index in [0.29, 0.717) is 41.5 Å². The Hall–Kier alpha value is -2.80. The topological polar surface area (TPSA) is 94.6 Å². The van der Waals surface area contributed by atoms with Crippen molar-refractivity contribution in [2.24, 2.45) is 0 Å². The first-order valence-corrected chi connectivity index (χ1v) is 10.2. The van der Waals surface area contributed by atoms with Crippen LogP contribution in [-0.2, 0) is 0 Å². The second-order valence-electron chi connectivity index (χ2n) is 6.99. The summed E-state index contributed by atoms with van der Waals surface area (Å²) in [5, 5.41) is 15.7. The molecule has 0 aliphatic carbocycles. The van der Waals surface area contributed by atoms with E-state index in [4.69, 9.17) is 11.6 Å². The summed E-state index contributed by atoms with van der Waals surface area (Å²) >= 11 is 6.28. The van der Waals surface area contributed by atoms with Crippen molar-refractivity contribution in [3.05, 3.63) is 52.7 Å². The lowest BCUT2D eigenvalue weighted by Crippen LogP contribution is -2.35. The zero-order valence-corrected chi connectivity index (χ0v) is 16.9. The molecule has 2 amide bonds. The van der Waals surface area contributed by atoms with Gasteiger partial charge < -0.3 is 20.6 Å². The van der Waals surface area contributed by atoms with E-state index >= 15 is 0 Å². The lowest BCUT2D eigenvalue weighted by molar-refractivity contribution is 0.0723. The monoisotopic (exact) mass is 416 g/mol. The molecule has 3 rings (SSSR count). The maximum atomic E-state index is 12.5. The second-order valence-corrected chi connectivity index (χ2v) is 7.40. The van der Waals surface area contributed by atoms with E-state index in [-0.39, 0.29) is 17.6 Å². The number of pyridine rings is 1. The average molecular weight is 417 g/mol. The molecule has 8 heteroatoms. The van der Waals surface area contributed by atoms with Gasteiger partial charge in [-0.25, -0.2) is 4.98 Å². The van der Waals surface area contributed by atoms with Crippen LogP contribution in [0.2, 0.25) is 5.02 Å². The number of carbonyl (C=O) groups excluding carboxylic acids is 2. The number of benzene rings is 1. The minimum absolute atomic E-state index is 0.0275. The molecule has 0 atom stereocenters. The third kappa shape index (κ3) is 5.84. The molecular weight excluding hydrogens is 392 g/mol. The number of aromatic nitrogens is 1. The van der Waals surface area contributed by atoms with E-state index in [0.717, 1.165) is 25.9 Å². The zero-order chi connectivity index (χ0) is 20.6. The molecule has 0 bridgehead atoms. The molecule has 0 spiro atoms. The Morgan fingerprint density at radius 3 is 2.62 bits per heavy atom. The van der Waals surface area contributed by atoms with Crippen LogP contribution in [0.15, 0.2) is 36.5 Å². The molecule has 154 valence electrons. The first kappa shape index (κ1) is 20.9. The Kier molecular flexibility index (Phi) is 7.30. The van der Waals surface area contributed by atoms with E-state index < -0.39 is 0 Å². The van der Waals surface area contributed by atoms with Gasteiger partial charge in [0.25, 0.3) is 11.8 Å². The Balaban J connectivity index is 1.43. The molecule has 7 nitrogen and oxygen atoms in total. The fourth-order valence-corrected chi connectivity index (χ4v) is 3.44. The summed E-state index contributed by atoms with van der Waals surface area (Å²) in [4.78, 5) is 30.6. The van der Waals surface area contributed by atoms with Crippen molar-refractivity contribution in [2.75, 3.05) is 31.5 Å². The first-order chi connectivity index (χ1) is 14.0. The quantitative estimate of drug-likeness (QED) is 0.602.